The Labute approximate surface area is 113 Å². The molecule has 0 aromatic carbocycles. The van der Waals surface area contributed by atoms with Crippen LogP contribution >= 0.6 is 0 Å². The molecule has 0 amide bonds. The highest BCUT2D eigenvalue weighted by Gasteiger charge is 2.32. The lowest BCUT2D eigenvalue weighted by atomic mass is 9.96. The first-order valence-electron chi connectivity index (χ1n) is 7.74. The molecule has 106 valence electrons. The average molecular weight is 253 g/mol. The summed E-state index contributed by atoms with van der Waals surface area (Å²) in [5, 5.41) is 3.73. The van der Waals surface area contributed by atoms with E-state index in [4.69, 9.17) is 0 Å². The summed E-state index contributed by atoms with van der Waals surface area (Å²) in [6.07, 6.45) is 4.07. The van der Waals surface area contributed by atoms with Crippen LogP contribution in [-0.4, -0.2) is 61.2 Å². The summed E-state index contributed by atoms with van der Waals surface area (Å²) in [6, 6.07) is 2.19. The molecule has 0 aromatic heterocycles. The van der Waals surface area contributed by atoms with E-state index in [0.29, 0.717) is 12.1 Å². The minimum absolute atomic E-state index is 0.699. The molecule has 18 heavy (non-hydrogen) atoms. The molecule has 0 saturated carbocycles. The van der Waals surface area contributed by atoms with E-state index in [-0.39, 0.29) is 0 Å². The van der Waals surface area contributed by atoms with Gasteiger partial charge in [-0.15, -0.1) is 0 Å². The summed E-state index contributed by atoms with van der Waals surface area (Å²) < 4.78 is 0. The second-order valence-corrected chi connectivity index (χ2v) is 6.84. The Kier molecular flexibility index (Phi) is 5.05. The van der Waals surface area contributed by atoms with Crippen LogP contribution in [0.4, 0.5) is 0 Å². The molecule has 2 heterocycles. The van der Waals surface area contributed by atoms with Crippen molar-refractivity contribution in [2.45, 2.75) is 58.2 Å². The van der Waals surface area contributed by atoms with Gasteiger partial charge in [-0.2, -0.15) is 0 Å². The predicted molar refractivity (Wildman–Crippen MR) is 77.9 cm³/mol. The molecule has 0 spiro atoms. The fourth-order valence-electron chi connectivity index (χ4n) is 3.60. The number of hydrogen-bond donors (Lipinski definition) is 1. The number of hydrogen-bond acceptors (Lipinski definition) is 3. The molecule has 2 aliphatic heterocycles. The van der Waals surface area contributed by atoms with Gasteiger partial charge in [0.05, 0.1) is 0 Å². The van der Waals surface area contributed by atoms with Gasteiger partial charge >= 0.3 is 0 Å². The van der Waals surface area contributed by atoms with Gasteiger partial charge in [-0.1, -0.05) is 13.8 Å². The normalized spacial score (nSPS) is 36.2. The molecule has 1 N–H and O–H groups in total. The largest absolute Gasteiger partial charge is 0.311 e. The summed E-state index contributed by atoms with van der Waals surface area (Å²) in [6.45, 7) is 12.0. The van der Waals surface area contributed by atoms with Gasteiger partial charge < -0.3 is 10.2 Å². The van der Waals surface area contributed by atoms with Crippen molar-refractivity contribution >= 4 is 0 Å². The van der Waals surface area contributed by atoms with Crippen molar-refractivity contribution in [3.63, 3.8) is 0 Å². The Bertz CT molecular complexity index is 254. The minimum atomic E-state index is 0.699. The number of nitrogens with one attached hydrogen (secondary N) is 1. The molecule has 2 rings (SSSR count). The fraction of sp³-hybridized carbons (Fsp3) is 1.00. The van der Waals surface area contributed by atoms with Gasteiger partial charge in [0, 0.05) is 37.8 Å². The van der Waals surface area contributed by atoms with Crippen LogP contribution in [0.3, 0.4) is 0 Å². The summed E-state index contributed by atoms with van der Waals surface area (Å²) in [5.74, 6) is 0.798. The van der Waals surface area contributed by atoms with Crippen molar-refractivity contribution in [3.05, 3.63) is 0 Å². The molecule has 3 atom stereocenters. The van der Waals surface area contributed by atoms with Gasteiger partial charge in [0.15, 0.2) is 0 Å². The van der Waals surface area contributed by atoms with Crippen molar-refractivity contribution in [2.75, 3.05) is 33.2 Å². The zero-order valence-electron chi connectivity index (χ0n) is 12.7. The smallest absolute Gasteiger partial charge is 0.0227 e. The third-order valence-electron chi connectivity index (χ3n) is 4.52. The maximum Gasteiger partial charge on any atom is 0.0227 e. The lowest BCUT2D eigenvalue weighted by Crippen LogP contribution is -2.61. The van der Waals surface area contributed by atoms with Crippen LogP contribution in [0.25, 0.3) is 0 Å². The highest BCUT2D eigenvalue weighted by Crippen LogP contribution is 2.21. The van der Waals surface area contributed by atoms with Crippen molar-refractivity contribution in [3.8, 4) is 0 Å². The number of piperazine rings is 1. The topological polar surface area (TPSA) is 18.5 Å². The maximum atomic E-state index is 3.73. The zero-order valence-corrected chi connectivity index (χ0v) is 12.7. The molecular formula is C15H31N3. The second kappa shape index (κ2) is 6.36. The van der Waals surface area contributed by atoms with Gasteiger partial charge in [0.1, 0.15) is 0 Å². The Morgan fingerprint density at radius 2 is 2.06 bits per heavy atom. The van der Waals surface area contributed by atoms with Gasteiger partial charge in [-0.05, 0) is 45.7 Å². The van der Waals surface area contributed by atoms with Crippen molar-refractivity contribution in [1.82, 2.24) is 15.1 Å². The molecule has 2 fully saturated rings. The van der Waals surface area contributed by atoms with Crippen LogP contribution in [0.1, 0.15) is 40.0 Å². The minimum Gasteiger partial charge on any atom is -0.311 e. The molecule has 0 aliphatic carbocycles. The van der Waals surface area contributed by atoms with E-state index in [1.165, 1.54) is 38.9 Å². The van der Waals surface area contributed by atoms with E-state index in [2.05, 4.69) is 42.9 Å². The molecule has 0 radical (unpaired) electrons. The van der Waals surface area contributed by atoms with Crippen LogP contribution in [-0.2, 0) is 0 Å². The van der Waals surface area contributed by atoms with Gasteiger partial charge in [0.25, 0.3) is 0 Å². The predicted octanol–water partition coefficient (Wildman–Crippen LogP) is 1.79. The standard InChI is InChI=1S/C15H31N3/c1-12(2)8-14-10-18(13(3)9-16-14)15-6-5-7-17(4)11-15/h12-16H,5-11H2,1-4H3. The summed E-state index contributed by atoms with van der Waals surface area (Å²) in [4.78, 5) is 5.28. The molecule has 3 nitrogen and oxygen atoms in total. The van der Waals surface area contributed by atoms with Gasteiger partial charge in [-0.25, -0.2) is 0 Å². The van der Waals surface area contributed by atoms with Crippen LogP contribution in [0.2, 0.25) is 0 Å². The first-order chi connectivity index (χ1) is 8.56. The van der Waals surface area contributed by atoms with E-state index in [1.54, 1.807) is 0 Å². The lowest BCUT2D eigenvalue weighted by Gasteiger charge is -2.46. The first-order valence-corrected chi connectivity index (χ1v) is 7.74. The Balaban J connectivity index is 1.92. The Morgan fingerprint density at radius 3 is 2.72 bits per heavy atom. The maximum absolute atomic E-state index is 3.73. The van der Waals surface area contributed by atoms with Crippen molar-refractivity contribution in [1.29, 1.82) is 0 Å². The Morgan fingerprint density at radius 1 is 1.28 bits per heavy atom. The van der Waals surface area contributed by atoms with E-state index in [0.717, 1.165) is 18.5 Å². The second-order valence-electron chi connectivity index (χ2n) is 6.84. The van der Waals surface area contributed by atoms with Crippen LogP contribution in [0.15, 0.2) is 0 Å². The lowest BCUT2D eigenvalue weighted by molar-refractivity contribution is 0.0454. The first kappa shape index (κ1) is 14.3. The number of rotatable bonds is 3. The van der Waals surface area contributed by atoms with E-state index in [1.807, 2.05) is 0 Å². The van der Waals surface area contributed by atoms with E-state index >= 15 is 0 Å². The van der Waals surface area contributed by atoms with Crippen LogP contribution in [0, 0.1) is 5.92 Å². The zero-order chi connectivity index (χ0) is 13.1. The molecule has 3 unspecified atom stereocenters. The average Bonchev–Trinajstić information content (AvgIpc) is 2.31. The summed E-state index contributed by atoms with van der Waals surface area (Å²) in [7, 11) is 2.27. The third-order valence-corrected chi connectivity index (χ3v) is 4.52. The van der Waals surface area contributed by atoms with Gasteiger partial charge in [-0.3, -0.25) is 4.90 Å². The molecule has 0 bridgehead atoms. The van der Waals surface area contributed by atoms with Crippen LogP contribution in [0.5, 0.6) is 0 Å². The van der Waals surface area contributed by atoms with E-state index < -0.39 is 0 Å². The third kappa shape index (κ3) is 3.69. The molecule has 0 aromatic rings. The monoisotopic (exact) mass is 253 g/mol. The number of piperidine rings is 1. The summed E-state index contributed by atoms with van der Waals surface area (Å²) in [5.41, 5.74) is 0. The highest BCUT2D eigenvalue weighted by molar-refractivity contribution is 4.90. The van der Waals surface area contributed by atoms with E-state index in [9.17, 15) is 0 Å². The SMILES string of the molecule is CC(C)CC1CN(C2CCCN(C)C2)C(C)CN1. The van der Waals surface area contributed by atoms with Crippen LogP contribution < -0.4 is 5.32 Å². The fourth-order valence-corrected chi connectivity index (χ4v) is 3.60. The van der Waals surface area contributed by atoms with Crippen molar-refractivity contribution < 1.29 is 0 Å². The van der Waals surface area contributed by atoms with Crippen molar-refractivity contribution in [2.24, 2.45) is 5.92 Å². The number of likely N-dealkylation sites (tertiary alicyclic amines) is 1. The number of nitrogens with zero attached hydrogens (tertiary/aromatic N) is 2. The quantitative estimate of drug-likeness (QED) is 0.827. The molecule has 2 aliphatic rings. The molecular weight excluding hydrogens is 222 g/mol. The molecule has 3 heteroatoms. The molecule has 2 saturated heterocycles. The summed E-state index contributed by atoms with van der Waals surface area (Å²) >= 11 is 0. The Hall–Kier alpha value is -0.120. The highest BCUT2D eigenvalue weighted by atomic mass is 15.3. The van der Waals surface area contributed by atoms with Gasteiger partial charge in [0.2, 0.25) is 0 Å². The number of likely N-dealkylation sites (N-methyl/N-ethyl adjacent to an activating group) is 1.